The SMILES string of the molecule is CC.CC(=O)N1CC[C@H](Nc2cc(-c3ccc4c(c3)N(C)CCN4C(=O)OC(C)(C)C)c3ccccc3c2)C1. The molecule has 0 unspecified atom stereocenters. The zero-order valence-corrected chi connectivity index (χ0v) is 24.4. The fraction of sp³-hybridized carbons (Fsp3) is 0.438. The second-order valence-corrected chi connectivity index (χ2v) is 11.1. The first kappa shape index (κ1) is 28.3. The lowest BCUT2D eigenvalue weighted by atomic mass is 9.95. The summed E-state index contributed by atoms with van der Waals surface area (Å²) in [5, 5.41) is 6.00. The average Bonchev–Trinajstić information content (AvgIpc) is 3.37. The Labute approximate surface area is 232 Å². The third-order valence-corrected chi connectivity index (χ3v) is 7.13. The molecule has 0 spiro atoms. The molecule has 1 N–H and O–H groups in total. The van der Waals surface area contributed by atoms with E-state index in [1.165, 1.54) is 5.39 Å². The number of likely N-dealkylation sites (N-methyl/N-ethyl adjacent to an activating group) is 1. The molecule has 0 bridgehead atoms. The fourth-order valence-corrected chi connectivity index (χ4v) is 5.26. The first-order valence-electron chi connectivity index (χ1n) is 14.0. The second kappa shape index (κ2) is 11.6. The van der Waals surface area contributed by atoms with Crippen molar-refractivity contribution in [2.24, 2.45) is 0 Å². The van der Waals surface area contributed by atoms with Gasteiger partial charge < -0.3 is 19.9 Å². The number of anilines is 3. The molecule has 208 valence electrons. The van der Waals surface area contributed by atoms with Gasteiger partial charge in [0.1, 0.15) is 5.60 Å². The minimum atomic E-state index is -0.548. The quantitative estimate of drug-likeness (QED) is 0.405. The highest BCUT2D eigenvalue weighted by Gasteiger charge is 2.30. The minimum Gasteiger partial charge on any atom is -0.443 e. The number of likely N-dealkylation sites (tertiary alicyclic amines) is 1. The zero-order valence-electron chi connectivity index (χ0n) is 24.4. The molecule has 1 saturated heterocycles. The highest BCUT2D eigenvalue weighted by molar-refractivity contribution is 6.01. The van der Waals surface area contributed by atoms with Crippen molar-refractivity contribution in [2.45, 2.75) is 59.6 Å². The molecule has 1 fully saturated rings. The molecule has 1 atom stereocenters. The maximum Gasteiger partial charge on any atom is 0.414 e. The van der Waals surface area contributed by atoms with Crippen molar-refractivity contribution in [1.29, 1.82) is 0 Å². The number of carbonyl (C=O) groups excluding carboxylic acids is 2. The summed E-state index contributed by atoms with van der Waals surface area (Å²) in [6.45, 7) is 14.1. The monoisotopic (exact) mass is 530 g/mol. The van der Waals surface area contributed by atoms with E-state index in [0.717, 1.165) is 59.6 Å². The lowest BCUT2D eigenvalue weighted by Gasteiger charge is -2.36. The number of fused-ring (bicyclic) bond motifs is 2. The van der Waals surface area contributed by atoms with Crippen LogP contribution in [0.4, 0.5) is 21.9 Å². The van der Waals surface area contributed by atoms with Gasteiger partial charge in [-0.15, -0.1) is 0 Å². The lowest BCUT2D eigenvalue weighted by molar-refractivity contribution is -0.127. The minimum absolute atomic E-state index is 0.127. The van der Waals surface area contributed by atoms with Crippen molar-refractivity contribution in [1.82, 2.24) is 4.90 Å². The summed E-state index contributed by atoms with van der Waals surface area (Å²) < 4.78 is 5.68. The predicted molar refractivity (Wildman–Crippen MR) is 162 cm³/mol. The molecule has 2 aliphatic rings. The number of ether oxygens (including phenoxy) is 1. The maximum absolute atomic E-state index is 12.9. The Hall–Kier alpha value is -3.74. The standard InChI is InChI=1S/C30H36N4O3.C2H6/c1-20(35)33-13-12-23(19-33)31-24-16-21-8-6-7-9-25(21)26(18-24)22-10-11-27-28(17-22)32(5)14-15-34(27)29(36)37-30(2,3)4;1-2/h6-11,16-18,23,31H,12-15,19H2,1-5H3;1-2H3/t23-;/m0./s1. The largest absolute Gasteiger partial charge is 0.443 e. The maximum atomic E-state index is 12.9. The first-order chi connectivity index (χ1) is 18.6. The number of rotatable bonds is 3. The van der Waals surface area contributed by atoms with Crippen LogP contribution in [0.3, 0.4) is 0 Å². The van der Waals surface area contributed by atoms with E-state index in [1.54, 1.807) is 11.8 Å². The summed E-state index contributed by atoms with van der Waals surface area (Å²) in [6.07, 6.45) is 0.619. The Bertz CT molecular complexity index is 1350. The van der Waals surface area contributed by atoms with Gasteiger partial charge in [0, 0.05) is 51.9 Å². The number of hydrogen-bond acceptors (Lipinski definition) is 5. The molecule has 0 aromatic heterocycles. The van der Waals surface area contributed by atoms with E-state index in [1.807, 2.05) is 45.6 Å². The van der Waals surface area contributed by atoms with Crippen LogP contribution in [0.5, 0.6) is 0 Å². The van der Waals surface area contributed by atoms with Crippen molar-refractivity contribution in [3.8, 4) is 11.1 Å². The Balaban J connectivity index is 0.00000172. The predicted octanol–water partition coefficient (Wildman–Crippen LogP) is 6.76. The van der Waals surface area contributed by atoms with Gasteiger partial charge in [-0.3, -0.25) is 9.69 Å². The van der Waals surface area contributed by atoms with Crippen LogP contribution in [0.1, 0.15) is 48.0 Å². The number of carbonyl (C=O) groups is 2. The van der Waals surface area contributed by atoms with Crippen LogP contribution in [-0.4, -0.2) is 61.8 Å². The number of nitrogens with one attached hydrogen (secondary N) is 1. The van der Waals surface area contributed by atoms with Gasteiger partial charge in [0.05, 0.1) is 11.4 Å². The zero-order chi connectivity index (χ0) is 28.3. The van der Waals surface area contributed by atoms with Crippen LogP contribution in [0.25, 0.3) is 21.9 Å². The molecule has 2 aliphatic heterocycles. The van der Waals surface area contributed by atoms with E-state index >= 15 is 0 Å². The smallest absolute Gasteiger partial charge is 0.414 e. The highest BCUT2D eigenvalue weighted by atomic mass is 16.6. The summed E-state index contributed by atoms with van der Waals surface area (Å²) in [6, 6.07) is 19.3. The number of benzene rings is 3. The van der Waals surface area contributed by atoms with Gasteiger partial charge in [-0.25, -0.2) is 4.79 Å². The summed E-state index contributed by atoms with van der Waals surface area (Å²) in [5.41, 5.74) is 4.59. The molecular weight excluding hydrogens is 488 g/mol. The van der Waals surface area contributed by atoms with Gasteiger partial charge in [-0.1, -0.05) is 44.2 Å². The molecule has 0 saturated carbocycles. The molecule has 39 heavy (non-hydrogen) atoms. The van der Waals surface area contributed by atoms with E-state index < -0.39 is 5.60 Å². The fourth-order valence-electron chi connectivity index (χ4n) is 5.26. The molecule has 7 nitrogen and oxygen atoms in total. The van der Waals surface area contributed by atoms with Crippen molar-refractivity contribution in [3.05, 3.63) is 54.6 Å². The molecule has 2 amide bonds. The Kier molecular flexibility index (Phi) is 8.38. The van der Waals surface area contributed by atoms with Crippen molar-refractivity contribution < 1.29 is 14.3 Å². The molecular formula is C32H42N4O3. The molecule has 5 rings (SSSR count). The topological polar surface area (TPSA) is 65.1 Å². The molecule has 7 heteroatoms. The Morgan fingerprint density at radius 2 is 1.69 bits per heavy atom. The normalized spacial score (nSPS) is 16.9. The van der Waals surface area contributed by atoms with Crippen molar-refractivity contribution in [2.75, 3.05) is 48.3 Å². The van der Waals surface area contributed by atoms with Crippen molar-refractivity contribution >= 4 is 39.8 Å². The van der Waals surface area contributed by atoms with E-state index in [2.05, 4.69) is 65.8 Å². The van der Waals surface area contributed by atoms with Crippen LogP contribution >= 0.6 is 0 Å². The second-order valence-electron chi connectivity index (χ2n) is 11.1. The van der Waals surface area contributed by atoms with Crippen LogP contribution in [0, 0.1) is 0 Å². The number of amides is 2. The van der Waals surface area contributed by atoms with E-state index in [9.17, 15) is 9.59 Å². The molecule has 3 aromatic rings. The average molecular weight is 531 g/mol. The lowest BCUT2D eigenvalue weighted by Crippen LogP contribution is -2.44. The van der Waals surface area contributed by atoms with Gasteiger partial charge >= 0.3 is 6.09 Å². The van der Waals surface area contributed by atoms with Gasteiger partial charge in [0.25, 0.3) is 0 Å². The van der Waals surface area contributed by atoms with E-state index in [0.29, 0.717) is 6.54 Å². The summed E-state index contributed by atoms with van der Waals surface area (Å²) in [7, 11) is 2.06. The van der Waals surface area contributed by atoms with E-state index in [4.69, 9.17) is 4.74 Å². The van der Waals surface area contributed by atoms with Crippen LogP contribution in [0.15, 0.2) is 54.6 Å². The highest BCUT2D eigenvalue weighted by Crippen LogP contribution is 2.40. The number of nitrogens with zero attached hydrogens (tertiary/aromatic N) is 3. The summed E-state index contributed by atoms with van der Waals surface area (Å²) in [4.78, 5) is 30.6. The van der Waals surface area contributed by atoms with Crippen LogP contribution < -0.4 is 15.1 Å². The summed E-state index contributed by atoms with van der Waals surface area (Å²) >= 11 is 0. The molecule has 2 heterocycles. The molecule has 0 aliphatic carbocycles. The molecule has 3 aromatic carbocycles. The summed E-state index contributed by atoms with van der Waals surface area (Å²) in [5.74, 6) is 0.127. The van der Waals surface area contributed by atoms with Crippen LogP contribution in [-0.2, 0) is 9.53 Å². The van der Waals surface area contributed by atoms with Crippen LogP contribution in [0.2, 0.25) is 0 Å². The Morgan fingerprint density at radius 3 is 2.38 bits per heavy atom. The van der Waals surface area contributed by atoms with Gasteiger partial charge in [-0.05, 0) is 73.4 Å². The molecule has 0 radical (unpaired) electrons. The first-order valence-corrected chi connectivity index (χ1v) is 14.0. The van der Waals surface area contributed by atoms with E-state index in [-0.39, 0.29) is 18.0 Å². The Morgan fingerprint density at radius 1 is 0.949 bits per heavy atom. The third-order valence-electron chi connectivity index (χ3n) is 7.13. The van der Waals surface area contributed by atoms with Crippen molar-refractivity contribution in [3.63, 3.8) is 0 Å². The van der Waals surface area contributed by atoms with Gasteiger partial charge in [-0.2, -0.15) is 0 Å². The number of hydrogen-bond donors (Lipinski definition) is 1. The van der Waals surface area contributed by atoms with Gasteiger partial charge in [0.15, 0.2) is 0 Å². The third kappa shape index (κ3) is 6.29. The van der Waals surface area contributed by atoms with Gasteiger partial charge in [0.2, 0.25) is 5.91 Å².